The predicted molar refractivity (Wildman–Crippen MR) is 104 cm³/mol. The summed E-state index contributed by atoms with van der Waals surface area (Å²) >= 11 is 7.55. The van der Waals surface area contributed by atoms with E-state index < -0.39 is 0 Å². The molecule has 0 bridgehead atoms. The van der Waals surface area contributed by atoms with Gasteiger partial charge in [-0.15, -0.1) is 0 Å². The minimum absolute atomic E-state index is 0.230. The number of hydrogen-bond acceptors (Lipinski definition) is 3. The van der Waals surface area contributed by atoms with Crippen LogP contribution < -0.4 is 5.43 Å². The van der Waals surface area contributed by atoms with Crippen molar-refractivity contribution in [3.63, 3.8) is 0 Å². The van der Waals surface area contributed by atoms with Crippen LogP contribution in [0, 0.1) is 0 Å². The smallest absolute Gasteiger partial charge is 0.267 e. The molecule has 3 nitrogen and oxygen atoms in total. The van der Waals surface area contributed by atoms with Crippen LogP contribution in [0.1, 0.15) is 15.9 Å². The summed E-state index contributed by atoms with van der Waals surface area (Å²) in [5, 5.41) is 4.73. The first-order chi connectivity index (χ1) is 12.2. The lowest BCUT2D eigenvalue weighted by atomic mass is 10.2. The maximum absolute atomic E-state index is 11.9. The van der Waals surface area contributed by atoms with E-state index in [4.69, 9.17) is 11.6 Å². The van der Waals surface area contributed by atoms with Gasteiger partial charge >= 0.3 is 0 Å². The highest BCUT2D eigenvalue weighted by atomic mass is 35.5. The van der Waals surface area contributed by atoms with E-state index >= 15 is 0 Å². The second kappa shape index (κ2) is 8.51. The van der Waals surface area contributed by atoms with Crippen molar-refractivity contribution in [2.75, 3.05) is 0 Å². The highest BCUT2D eigenvalue weighted by Crippen LogP contribution is 2.28. The molecule has 124 valence electrons. The fourth-order valence-electron chi connectivity index (χ4n) is 2.08. The van der Waals surface area contributed by atoms with E-state index in [-0.39, 0.29) is 5.91 Å². The van der Waals surface area contributed by atoms with Gasteiger partial charge in [-0.1, -0.05) is 53.7 Å². The molecule has 3 rings (SSSR count). The molecule has 0 aliphatic carbocycles. The van der Waals surface area contributed by atoms with Crippen LogP contribution in [-0.4, -0.2) is 12.1 Å². The van der Waals surface area contributed by atoms with E-state index in [1.807, 2.05) is 66.7 Å². The Morgan fingerprint density at radius 1 is 0.880 bits per heavy atom. The van der Waals surface area contributed by atoms with E-state index in [0.717, 1.165) is 20.4 Å². The summed E-state index contributed by atoms with van der Waals surface area (Å²) in [6.45, 7) is 0. The van der Waals surface area contributed by atoms with Crippen molar-refractivity contribution in [2.24, 2.45) is 5.10 Å². The van der Waals surface area contributed by atoms with E-state index in [1.165, 1.54) is 0 Å². The van der Waals surface area contributed by atoms with Crippen molar-refractivity contribution in [2.45, 2.75) is 9.79 Å². The molecule has 0 radical (unpaired) electrons. The van der Waals surface area contributed by atoms with Crippen LogP contribution in [-0.2, 0) is 0 Å². The van der Waals surface area contributed by atoms with Crippen LogP contribution in [0.3, 0.4) is 0 Å². The third-order valence-corrected chi connectivity index (χ3v) is 4.61. The Hall–Kier alpha value is -2.56. The molecule has 0 aromatic heterocycles. The Balaban J connectivity index is 1.57. The first kappa shape index (κ1) is 17.3. The number of carbonyl (C=O) groups is 1. The van der Waals surface area contributed by atoms with Crippen LogP contribution in [0.25, 0.3) is 0 Å². The van der Waals surface area contributed by atoms with Gasteiger partial charge in [-0.05, 0) is 54.1 Å². The molecule has 0 fully saturated rings. The minimum atomic E-state index is -0.230. The van der Waals surface area contributed by atoms with Crippen LogP contribution in [0.15, 0.2) is 93.8 Å². The molecule has 0 saturated carbocycles. The topological polar surface area (TPSA) is 41.5 Å². The fourth-order valence-corrected chi connectivity index (χ4v) is 3.02. The second-order valence-electron chi connectivity index (χ2n) is 5.19. The quantitative estimate of drug-likeness (QED) is 0.494. The maximum Gasteiger partial charge on any atom is 0.271 e. The summed E-state index contributed by atoms with van der Waals surface area (Å²) in [7, 11) is 0. The standard InChI is InChI=1S/C20H15ClN2OS/c21-17-8-12-19(13-9-17)25-18-10-6-15(7-11-18)14-22-23-20(24)16-4-2-1-3-5-16/h1-14H,(H,23,24). The zero-order valence-electron chi connectivity index (χ0n) is 13.2. The molecule has 0 spiro atoms. The maximum atomic E-state index is 11.9. The Bertz CT molecular complexity index is 862. The van der Waals surface area contributed by atoms with Crippen LogP contribution in [0.4, 0.5) is 0 Å². The number of amides is 1. The average Bonchev–Trinajstić information content (AvgIpc) is 2.66. The summed E-state index contributed by atoms with van der Waals surface area (Å²) in [6.07, 6.45) is 1.62. The van der Waals surface area contributed by atoms with Crippen LogP contribution in [0.2, 0.25) is 5.02 Å². The summed E-state index contributed by atoms with van der Waals surface area (Å²) < 4.78 is 0. The number of hydrazone groups is 1. The molecule has 1 amide bonds. The lowest BCUT2D eigenvalue weighted by Crippen LogP contribution is -2.17. The van der Waals surface area contributed by atoms with Gasteiger partial charge in [0, 0.05) is 20.4 Å². The van der Waals surface area contributed by atoms with Crippen LogP contribution in [0.5, 0.6) is 0 Å². The van der Waals surface area contributed by atoms with Gasteiger partial charge in [-0.2, -0.15) is 5.10 Å². The van der Waals surface area contributed by atoms with Gasteiger partial charge in [0.1, 0.15) is 0 Å². The molecule has 0 aliphatic heterocycles. The average molecular weight is 367 g/mol. The van der Waals surface area contributed by atoms with Gasteiger partial charge in [0.2, 0.25) is 0 Å². The summed E-state index contributed by atoms with van der Waals surface area (Å²) in [5.74, 6) is -0.230. The number of hydrogen-bond donors (Lipinski definition) is 1. The molecular weight excluding hydrogens is 352 g/mol. The van der Waals surface area contributed by atoms with Gasteiger partial charge in [0.05, 0.1) is 6.21 Å². The minimum Gasteiger partial charge on any atom is -0.267 e. The Morgan fingerprint density at radius 2 is 1.48 bits per heavy atom. The third-order valence-electron chi connectivity index (χ3n) is 3.35. The number of halogens is 1. The first-order valence-electron chi connectivity index (χ1n) is 7.63. The lowest BCUT2D eigenvalue weighted by molar-refractivity contribution is 0.0955. The van der Waals surface area contributed by atoms with Gasteiger partial charge in [0.25, 0.3) is 5.91 Å². The summed E-state index contributed by atoms with van der Waals surface area (Å²) in [6, 6.07) is 24.6. The molecule has 0 aliphatic rings. The second-order valence-corrected chi connectivity index (χ2v) is 6.77. The highest BCUT2D eigenvalue weighted by Gasteiger charge is 2.01. The van der Waals surface area contributed by atoms with Crippen molar-refractivity contribution in [1.29, 1.82) is 0 Å². The Morgan fingerprint density at radius 3 is 2.12 bits per heavy atom. The Labute approximate surface area is 155 Å². The van der Waals surface area contributed by atoms with Crippen molar-refractivity contribution < 1.29 is 4.79 Å². The van der Waals surface area contributed by atoms with E-state index in [0.29, 0.717) is 5.56 Å². The molecule has 3 aromatic rings. The molecule has 1 N–H and O–H groups in total. The molecule has 5 heteroatoms. The van der Waals surface area contributed by atoms with Gasteiger partial charge in [-0.25, -0.2) is 5.43 Å². The van der Waals surface area contributed by atoms with Crippen molar-refractivity contribution >= 4 is 35.5 Å². The largest absolute Gasteiger partial charge is 0.271 e. The molecule has 25 heavy (non-hydrogen) atoms. The van der Waals surface area contributed by atoms with Crippen LogP contribution >= 0.6 is 23.4 Å². The number of nitrogens with one attached hydrogen (secondary N) is 1. The highest BCUT2D eigenvalue weighted by molar-refractivity contribution is 7.99. The van der Waals surface area contributed by atoms with Gasteiger partial charge in [-0.3, -0.25) is 4.79 Å². The SMILES string of the molecule is O=C(NN=Cc1ccc(Sc2ccc(Cl)cc2)cc1)c1ccccc1. The fraction of sp³-hybridized carbons (Fsp3) is 0. The van der Waals surface area contributed by atoms with Crippen molar-refractivity contribution in [3.8, 4) is 0 Å². The Kier molecular flexibility index (Phi) is 5.88. The normalized spacial score (nSPS) is 10.8. The number of nitrogens with zero attached hydrogens (tertiary/aromatic N) is 1. The van der Waals surface area contributed by atoms with Gasteiger partial charge in [0.15, 0.2) is 0 Å². The number of benzene rings is 3. The van der Waals surface area contributed by atoms with Crippen molar-refractivity contribution in [3.05, 3.63) is 95.0 Å². The monoisotopic (exact) mass is 366 g/mol. The molecular formula is C20H15ClN2OS. The molecule has 3 aromatic carbocycles. The molecule has 0 unspecified atom stereocenters. The van der Waals surface area contributed by atoms with E-state index in [9.17, 15) is 4.79 Å². The van der Waals surface area contributed by atoms with Gasteiger partial charge < -0.3 is 0 Å². The summed E-state index contributed by atoms with van der Waals surface area (Å²) in [5.41, 5.74) is 4.01. The molecule has 0 atom stereocenters. The van der Waals surface area contributed by atoms with E-state index in [1.54, 1.807) is 30.1 Å². The zero-order chi connectivity index (χ0) is 17.5. The summed E-state index contributed by atoms with van der Waals surface area (Å²) in [4.78, 5) is 14.1. The molecule has 0 heterocycles. The van der Waals surface area contributed by atoms with E-state index in [2.05, 4.69) is 10.5 Å². The molecule has 0 saturated heterocycles. The lowest BCUT2D eigenvalue weighted by Gasteiger charge is -2.02. The third kappa shape index (κ3) is 5.21. The predicted octanol–water partition coefficient (Wildman–Crippen LogP) is 5.26. The number of rotatable bonds is 5. The first-order valence-corrected chi connectivity index (χ1v) is 8.82. The zero-order valence-corrected chi connectivity index (χ0v) is 14.8. The number of carbonyl (C=O) groups excluding carboxylic acids is 1. The van der Waals surface area contributed by atoms with Crippen molar-refractivity contribution in [1.82, 2.24) is 5.43 Å².